The molecule has 18 heavy (non-hydrogen) atoms. The first-order valence-corrected chi connectivity index (χ1v) is 7.12. The number of hydrogen-bond donors (Lipinski definition) is 1. The minimum absolute atomic E-state index is 0.320. The van der Waals surface area contributed by atoms with Gasteiger partial charge in [0, 0.05) is 25.3 Å². The summed E-state index contributed by atoms with van der Waals surface area (Å²) >= 11 is 0. The summed E-state index contributed by atoms with van der Waals surface area (Å²) in [6.07, 6.45) is 7.95. The Bertz CT molecular complexity index is 410. The molecular formula is C14H24N4. The van der Waals surface area contributed by atoms with Crippen LogP contribution in [0.1, 0.15) is 44.0 Å². The quantitative estimate of drug-likeness (QED) is 0.835. The Hall–Kier alpha value is -0.870. The van der Waals surface area contributed by atoms with Gasteiger partial charge in [-0.1, -0.05) is 6.92 Å². The number of rotatable bonds is 6. The first-order chi connectivity index (χ1) is 8.70. The molecule has 4 nitrogen and oxygen atoms in total. The zero-order valence-electron chi connectivity index (χ0n) is 11.4. The van der Waals surface area contributed by atoms with Crippen molar-refractivity contribution in [1.29, 1.82) is 0 Å². The van der Waals surface area contributed by atoms with Crippen LogP contribution >= 0.6 is 0 Å². The molecule has 3 rings (SSSR count). The van der Waals surface area contributed by atoms with Gasteiger partial charge in [-0.3, -0.25) is 4.90 Å². The predicted octanol–water partition coefficient (Wildman–Crippen LogP) is 1.81. The summed E-state index contributed by atoms with van der Waals surface area (Å²) < 4.78 is 2.34. The van der Waals surface area contributed by atoms with E-state index in [9.17, 15) is 0 Å². The van der Waals surface area contributed by atoms with Crippen molar-refractivity contribution in [2.75, 3.05) is 20.1 Å². The van der Waals surface area contributed by atoms with Crippen molar-refractivity contribution in [3.05, 3.63) is 18.2 Å². The third-order valence-corrected chi connectivity index (χ3v) is 4.53. The summed E-state index contributed by atoms with van der Waals surface area (Å²) in [5.41, 5.74) is 7.30. The second-order valence-electron chi connectivity index (χ2n) is 6.12. The first kappa shape index (κ1) is 12.2. The maximum Gasteiger partial charge on any atom is 0.0951 e. The minimum atomic E-state index is 0.320. The molecule has 0 spiro atoms. The average Bonchev–Trinajstić information content (AvgIpc) is 3.25. The van der Waals surface area contributed by atoms with Gasteiger partial charge in [-0.15, -0.1) is 0 Å². The highest BCUT2D eigenvalue weighted by Crippen LogP contribution is 2.40. The fourth-order valence-corrected chi connectivity index (χ4v) is 2.91. The molecule has 2 fully saturated rings. The smallest absolute Gasteiger partial charge is 0.0951 e. The lowest BCUT2D eigenvalue weighted by molar-refractivity contribution is 0.228. The van der Waals surface area contributed by atoms with Crippen LogP contribution < -0.4 is 5.73 Å². The van der Waals surface area contributed by atoms with Gasteiger partial charge < -0.3 is 10.3 Å². The van der Waals surface area contributed by atoms with Crippen molar-refractivity contribution in [1.82, 2.24) is 14.5 Å². The highest BCUT2D eigenvalue weighted by atomic mass is 15.2. The molecule has 1 aromatic heterocycles. The van der Waals surface area contributed by atoms with E-state index in [1.165, 1.54) is 31.5 Å². The van der Waals surface area contributed by atoms with E-state index >= 15 is 0 Å². The van der Waals surface area contributed by atoms with Crippen LogP contribution in [0.2, 0.25) is 0 Å². The van der Waals surface area contributed by atoms with Crippen LogP contribution in [0.4, 0.5) is 0 Å². The monoisotopic (exact) mass is 248 g/mol. The van der Waals surface area contributed by atoms with Crippen molar-refractivity contribution < 1.29 is 0 Å². The molecule has 1 heterocycles. The van der Waals surface area contributed by atoms with Crippen molar-refractivity contribution in [3.8, 4) is 0 Å². The largest absolute Gasteiger partial charge is 0.330 e. The van der Waals surface area contributed by atoms with Crippen molar-refractivity contribution >= 4 is 0 Å². The van der Waals surface area contributed by atoms with E-state index in [0.717, 1.165) is 11.8 Å². The number of nitrogens with zero attached hydrogens (tertiary/aromatic N) is 3. The van der Waals surface area contributed by atoms with Gasteiger partial charge >= 0.3 is 0 Å². The van der Waals surface area contributed by atoms with Gasteiger partial charge in [0.1, 0.15) is 0 Å². The molecule has 4 heteroatoms. The van der Waals surface area contributed by atoms with E-state index < -0.39 is 0 Å². The molecule has 2 aliphatic carbocycles. The summed E-state index contributed by atoms with van der Waals surface area (Å²) in [6, 6.07) is 1.01. The molecule has 100 valence electrons. The van der Waals surface area contributed by atoms with Gasteiger partial charge in [0.25, 0.3) is 0 Å². The molecule has 2 aliphatic rings. The Morgan fingerprint density at radius 2 is 2.28 bits per heavy atom. The summed E-state index contributed by atoms with van der Waals surface area (Å²) in [6.45, 7) is 4.18. The van der Waals surface area contributed by atoms with Gasteiger partial charge in [0.15, 0.2) is 0 Å². The van der Waals surface area contributed by atoms with Crippen LogP contribution in [-0.4, -0.2) is 34.6 Å². The molecule has 0 aromatic carbocycles. The summed E-state index contributed by atoms with van der Waals surface area (Å²) in [4.78, 5) is 6.75. The number of hydrogen-bond acceptors (Lipinski definition) is 3. The van der Waals surface area contributed by atoms with Gasteiger partial charge in [0.05, 0.1) is 18.1 Å². The molecule has 0 aliphatic heterocycles. The zero-order chi connectivity index (χ0) is 12.7. The summed E-state index contributed by atoms with van der Waals surface area (Å²) in [5.74, 6) is 1.78. The Labute approximate surface area is 109 Å². The van der Waals surface area contributed by atoms with Gasteiger partial charge in [-0.25, -0.2) is 4.98 Å². The average molecular weight is 248 g/mol. The fraction of sp³-hybridized carbons (Fsp3) is 0.786. The van der Waals surface area contributed by atoms with Crippen LogP contribution in [0.3, 0.4) is 0 Å². The van der Waals surface area contributed by atoms with Crippen molar-refractivity contribution in [2.24, 2.45) is 17.6 Å². The van der Waals surface area contributed by atoms with E-state index in [2.05, 4.69) is 28.4 Å². The van der Waals surface area contributed by atoms with Gasteiger partial charge in [-0.2, -0.15) is 0 Å². The molecule has 0 saturated heterocycles. The zero-order valence-corrected chi connectivity index (χ0v) is 11.4. The minimum Gasteiger partial charge on any atom is -0.330 e. The normalized spacial score (nSPS) is 28.7. The summed E-state index contributed by atoms with van der Waals surface area (Å²) in [7, 11) is 2.20. The van der Waals surface area contributed by atoms with Crippen LogP contribution in [-0.2, 0) is 0 Å². The lowest BCUT2D eigenvalue weighted by atomic mass is 10.1. The molecule has 2 N–H and O–H groups in total. The third-order valence-electron chi connectivity index (χ3n) is 4.53. The molecule has 0 bridgehead atoms. The van der Waals surface area contributed by atoms with Crippen LogP contribution in [0, 0.1) is 11.8 Å². The van der Waals surface area contributed by atoms with E-state index in [4.69, 9.17) is 5.73 Å². The van der Waals surface area contributed by atoms with Gasteiger partial charge in [0.2, 0.25) is 0 Å². The van der Waals surface area contributed by atoms with E-state index in [-0.39, 0.29) is 0 Å². The lowest BCUT2D eigenvalue weighted by Gasteiger charge is -2.28. The Balaban J connectivity index is 1.71. The lowest BCUT2D eigenvalue weighted by Crippen LogP contribution is -2.33. The van der Waals surface area contributed by atoms with Crippen LogP contribution in [0.15, 0.2) is 12.5 Å². The van der Waals surface area contributed by atoms with Crippen molar-refractivity contribution in [2.45, 2.75) is 38.3 Å². The maximum absolute atomic E-state index is 6.00. The summed E-state index contributed by atoms with van der Waals surface area (Å²) in [5, 5.41) is 0. The second-order valence-corrected chi connectivity index (χ2v) is 6.12. The number of nitrogens with two attached hydrogens (primary N) is 1. The highest BCUT2D eigenvalue weighted by Gasteiger charge is 2.35. The third kappa shape index (κ3) is 2.31. The van der Waals surface area contributed by atoms with E-state index in [1.54, 1.807) is 0 Å². The Morgan fingerprint density at radius 3 is 2.83 bits per heavy atom. The second kappa shape index (κ2) is 4.67. The maximum atomic E-state index is 6.00. The van der Waals surface area contributed by atoms with E-state index in [1.807, 2.05) is 12.5 Å². The van der Waals surface area contributed by atoms with Crippen molar-refractivity contribution in [3.63, 3.8) is 0 Å². The molecule has 0 amide bonds. The number of likely N-dealkylation sites (N-methyl/N-ethyl adjacent to an activating group) is 1. The molecule has 3 unspecified atom stereocenters. The highest BCUT2D eigenvalue weighted by molar-refractivity contribution is 5.10. The SMILES string of the molecule is CC1CC1CN(C)C(CN)c1cncn1C1CC1. The van der Waals surface area contributed by atoms with Gasteiger partial charge in [-0.05, 0) is 38.1 Å². The molecular weight excluding hydrogens is 224 g/mol. The molecule has 3 atom stereocenters. The first-order valence-electron chi connectivity index (χ1n) is 7.12. The number of imidazole rings is 1. The predicted molar refractivity (Wildman–Crippen MR) is 72.2 cm³/mol. The van der Waals surface area contributed by atoms with Crippen LogP contribution in [0.5, 0.6) is 0 Å². The fourth-order valence-electron chi connectivity index (χ4n) is 2.91. The standard InChI is InChI=1S/C14H24N4/c1-10-5-11(10)8-17(2)13(6-15)14-7-16-9-18(14)12-3-4-12/h7,9-13H,3-6,8,15H2,1-2H3. The molecule has 1 aromatic rings. The number of aromatic nitrogens is 2. The molecule has 0 radical (unpaired) electrons. The Morgan fingerprint density at radius 1 is 1.56 bits per heavy atom. The topological polar surface area (TPSA) is 47.1 Å². The van der Waals surface area contributed by atoms with E-state index in [0.29, 0.717) is 18.6 Å². The Kier molecular flexibility index (Phi) is 3.16. The molecule has 2 saturated carbocycles. The van der Waals surface area contributed by atoms with Crippen LogP contribution in [0.25, 0.3) is 0 Å².